The molecule has 11 N–H and O–H groups in total. The molecule has 5 fully saturated rings. The number of allylic oxidation sites excluding steroid dienone is 2. The highest BCUT2D eigenvalue weighted by Crippen LogP contribution is 2.38. The second-order valence-electron chi connectivity index (χ2n) is 37.8. The number of aliphatic hydroxyl groups is 8. The number of hydrogen-bond acceptors (Lipinski definition) is 20. The van der Waals surface area contributed by atoms with E-state index in [-0.39, 0.29) is 120 Å². The van der Waals surface area contributed by atoms with Crippen LogP contribution in [0.1, 0.15) is 305 Å². The highest BCUT2D eigenvalue weighted by molar-refractivity contribution is 8.01. The molecular formula is C113H166N2O21S2. The van der Waals surface area contributed by atoms with Crippen molar-refractivity contribution in [3.8, 4) is 11.1 Å². The summed E-state index contributed by atoms with van der Waals surface area (Å²) >= 11 is 2.87. The molecule has 2 aliphatic heterocycles. The van der Waals surface area contributed by atoms with Crippen LogP contribution in [0.15, 0.2) is 170 Å². The Kier molecular flexibility index (Phi) is 61.3. The zero-order valence-corrected chi connectivity index (χ0v) is 85.1. The average Bonchev–Trinajstić information content (AvgIpc) is 1.83. The number of thioether (sulfide) groups is 2. The second-order valence-corrected chi connectivity index (χ2v) is 40.2. The first-order valence-corrected chi connectivity index (χ1v) is 53.4. The molecule has 25 heteroatoms. The Bertz CT molecular complexity index is 4390. The molecule has 9 rings (SSSR count). The van der Waals surface area contributed by atoms with Crippen molar-refractivity contribution < 1.29 is 104 Å². The summed E-state index contributed by atoms with van der Waals surface area (Å²) < 4.78 is 5.13. The van der Waals surface area contributed by atoms with Gasteiger partial charge in [-0.2, -0.15) is 11.8 Å². The fraction of sp³-hybridized carbons (Fsp3) is 0.602. The molecule has 0 aromatic heterocycles. The van der Waals surface area contributed by atoms with Gasteiger partial charge < -0.3 is 75.5 Å². The SMILES string of the molecule is CCCCCCCN1C(=O)CCCC1/C=C/C(O)Cc1ccccc1.CCCCC[C@H](O)/C=C/[C@H]1[C@H](O)CC(=O)[C@@H]1C/C=C\CCCC(=O)O.CCCCC[C@H](O)/C=C/[C@H]1[C@H](O)CC(=O)[C@@H]1CCCCCCC(C)=O.COCc1cccc(C[C@H](O)/C=C/[C@H]2[C@H](O)CC(=O)[C@@H]2SCCCSCC(=O)O)c1.Cc1ccc(-c2cccc(C(O)/C=C/[C@H]3CCC(=O)N3CCCCCCC(=O)O)c2)c(C)c1. The summed E-state index contributed by atoms with van der Waals surface area (Å²) in [6.07, 6.45) is 48.2. The molecule has 3 saturated carbocycles. The van der Waals surface area contributed by atoms with Crippen LogP contribution < -0.4 is 0 Å². The van der Waals surface area contributed by atoms with E-state index >= 15 is 0 Å². The molecule has 0 bridgehead atoms. The van der Waals surface area contributed by atoms with Gasteiger partial charge in [-0.15, -0.1) is 11.8 Å². The lowest BCUT2D eigenvalue weighted by molar-refractivity contribution is -0.138. The van der Waals surface area contributed by atoms with Gasteiger partial charge >= 0.3 is 17.9 Å². The number of aliphatic carboxylic acids is 3. The van der Waals surface area contributed by atoms with Crippen LogP contribution in [0, 0.1) is 43.4 Å². The van der Waals surface area contributed by atoms with Crippen LogP contribution in [-0.4, -0.2) is 216 Å². The van der Waals surface area contributed by atoms with Gasteiger partial charge in [0.1, 0.15) is 23.1 Å². The zero-order valence-electron chi connectivity index (χ0n) is 83.4. The lowest BCUT2D eigenvalue weighted by Crippen LogP contribution is -2.43. The molecule has 2 amide bonds. The number of carboxylic acids is 3. The quantitative estimate of drug-likeness (QED) is 0.0144. The maximum absolute atomic E-state index is 12.3. The monoisotopic (exact) mass is 1950 g/mol. The van der Waals surface area contributed by atoms with Crippen LogP contribution in [-0.2, 0) is 67.3 Å². The van der Waals surface area contributed by atoms with Crippen molar-refractivity contribution in [1.82, 2.24) is 9.80 Å². The Morgan fingerprint density at radius 3 is 1.62 bits per heavy atom. The number of nitrogens with zero attached hydrogens (tertiary/aromatic N) is 2. The molecule has 2 heterocycles. The molecule has 3 aliphatic carbocycles. The summed E-state index contributed by atoms with van der Waals surface area (Å²) in [6.45, 7) is 14.3. The minimum atomic E-state index is -0.823. The third-order valence-electron chi connectivity index (χ3n) is 26.0. The van der Waals surface area contributed by atoms with Crippen molar-refractivity contribution in [2.75, 3.05) is 37.5 Å². The summed E-state index contributed by atoms with van der Waals surface area (Å²) in [5, 5.41) is 108. The lowest BCUT2D eigenvalue weighted by Gasteiger charge is -2.34. The Morgan fingerprint density at radius 1 is 0.478 bits per heavy atom. The van der Waals surface area contributed by atoms with Crippen LogP contribution in [0.2, 0.25) is 0 Å². The number of likely N-dealkylation sites (tertiary alicyclic amines) is 2. The largest absolute Gasteiger partial charge is 0.481 e. The number of hydrogen-bond donors (Lipinski definition) is 11. The van der Waals surface area contributed by atoms with Crippen molar-refractivity contribution in [2.45, 2.75) is 365 Å². The van der Waals surface area contributed by atoms with Gasteiger partial charge in [-0.25, -0.2) is 0 Å². The van der Waals surface area contributed by atoms with Crippen molar-refractivity contribution in [3.63, 3.8) is 0 Å². The summed E-state index contributed by atoms with van der Waals surface area (Å²) in [6, 6.07) is 32.4. The van der Waals surface area contributed by atoms with Gasteiger partial charge in [0.05, 0.1) is 78.5 Å². The number of ether oxygens (including phenoxy) is 1. The van der Waals surface area contributed by atoms with Crippen LogP contribution in [0.25, 0.3) is 11.1 Å². The molecule has 766 valence electrons. The predicted octanol–water partition coefficient (Wildman–Crippen LogP) is 19.9. The van der Waals surface area contributed by atoms with Crippen molar-refractivity contribution in [2.24, 2.45) is 29.6 Å². The topological polar surface area (TPSA) is 392 Å². The van der Waals surface area contributed by atoms with E-state index in [9.17, 15) is 84.0 Å². The van der Waals surface area contributed by atoms with Gasteiger partial charge in [-0.1, -0.05) is 287 Å². The van der Waals surface area contributed by atoms with Gasteiger partial charge in [0.25, 0.3) is 0 Å². The van der Waals surface area contributed by atoms with Gasteiger partial charge in [0.2, 0.25) is 11.8 Å². The number of aryl methyl sites for hydroxylation is 2. The van der Waals surface area contributed by atoms with Gasteiger partial charge in [-0.05, 0) is 167 Å². The summed E-state index contributed by atoms with van der Waals surface area (Å²) in [5.74, 6) is -1.06. The number of carbonyl (C=O) groups excluding carboxylic acids is 6. The average molecular weight is 1950 g/mol. The molecule has 138 heavy (non-hydrogen) atoms. The number of piperidine rings is 1. The molecule has 0 spiro atoms. The minimum Gasteiger partial charge on any atom is -0.481 e. The molecule has 3 unspecified atom stereocenters. The molecule has 4 aromatic carbocycles. The summed E-state index contributed by atoms with van der Waals surface area (Å²) in [4.78, 5) is 108. The number of Topliss-reactive ketones (excluding diaryl/α,β-unsaturated/α-hetero) is 4. The maximum atomic E-state index is 12.3. The number of rotatable bonds is 59. The van der Waals surface area contributed by atoms with Crippen LogP contribution >= 0.6 is 23.5 Å². The molecule has 23 nitrogen and oxygen atoms in total. The zero-order chi connectivity index (χ0) is 101. The van der Waals surface area contributed by atoms with E-state index in [2.05, 4.69) is 65.0 Å². The fourth-order valence-electron chi connectivity index (χ4n) is 18.3. The number of methoxy groups -OCH3 is 1. The Morgan fingerprint density at radius 2 is 1.00 bits per heavy atom. The van der Waals surface area contributed by atoms with E-state index in [1.54, 1.807) is 50.5 Å². The number of benzene rings is 4. The lowest BCUT2D eigenvalue weighted by atomic mass is 9.88. The molecule has 0 radical (unpaired) electrons. The van der Waals surface area contributed by atoms with Crippen molar-refractivity contribution in [3.05, 3.63) is 203 Å². The molecular weight excluding hydrogens is 1790 g/mol. The van der Waals surface area contributed by atoms with E-state index in [0.29, 0.717) is 77.4 Å². The van der Waals surface area contributed by atoms with Crippen molar-refractivity contribution >= 4 is 76.4 Å². The van der Waals surface area contributed by atoms with E-state index < -0.39 is 66.7 Å². The van der Waals surface area contributed by atoms with E-state index in [1.165, 1.54) is 60.3 Å². The minimum absolute atomic E-state index is 0.00805. The second kappa shape index (κ2) is 70.4. The summed E-state index contributed by atoms with van der Waals surface area (Å²) in [7, 11) is 1.64. The normalized spacial score (nSPS) is 21.6. The third-order valence-corrected chi connectivity index (χ3v) is 28.5. The van der Waals surface area contributed by atoms with Gasteiger partial charge in [0.15, 0.2) is 0 Å². The fourth-order valence-corrected chi connectivity index (χ4v) is 20.5. The van der Waals surface area contributed by atoms with E-state index in [4.69, 9.17) is 20.1 Å². The first kappa shape index (κ1) is 120. The molecule has 16 atom stereocenters. The van der Waals surface area contributed by atoms with Crippen LogP contribution in [0.4, 0.5) is 0 Å². The smallest absolute Gasteiger partial charge is 0.313 e. The Labute approximate surface area is 831 Å². The first-order chi connectivity index (χ1) is 66.4. The Balaban J connectivity index is 0.000000306. The first-order valence-electron chi connectivity index (χ1n) is 51.2. The molecule has 2 saturated heterocycles. The Hall–Kier alpha value is -8.31. The highest BCUT2D eigenvalue weighted by atomic mass is 32.2. The number of aliphatic hydroxyl groups excluding tert-OH is 8. The van der Waals surface area contributed by atoms with Crippen LogP contribution in [0.5, 0.6) is 0 Å². The number of carbonyl (C=O) groups is 9. The molecule has 5 aliphatic rings. The predicted molar refractivity (Wildman–Crippen MR) is 553 cm³/mol. The van der Waals surface area contributed by atoms with E-state index in [1.807, 2.05) is 113 Å². The van der Waals surface area contributed by atoms with E-state index in [0.717, 1.165) is 180 Å². The van der Waals surface area contributed by atoms with Crippen molar-refractivity contribution in [1.29, 1.82) is 0 Å². The number of ketones is 4. The number of amides is 2. The van der Waals surface area contributed by atoms with Gasteiger partial charge in [-0.3, -0.25) is 38.4 Å². The number of unbranched alkanes of at least 4 members (excludes halogenated alkanes) is 15. The third kappa shape index (κ3) is 48.9. The maximum Gasteiger partial charge on any atom is 0.313 e. The van der Waals surface area contributed by atoms with Gasteiger partial charge in [0, 0.05) is 114 Å². The van der Waals surface area contributed by atoms with Crippen LogP contribution in [0.3, 0.4) is 0 Å². The summed E-state index contributed by atoms with van der Waals surface area (Å²) in [5.41, 5.74) is 8.68. The number of carboxylic acid groups (broad SMARTS) is 3. The molecule has 4 aromatic rings. The standard InChI is InChI=1S/C28H35NO4.C22H33NO2.C22H30O6S2.C21H36O4.C20H32O5/c1-20-11-14-25(21(2)18-20)22-8-7-9-23(19-22)26(30)15-12-24-13-16-27(31)29(24)17-6-4-3-5-10-28(32)33;1-2-3-4-5-9-17-23-20(13-10-14-22(23)25)15-16-21(24)18-19-11-7-6-8-12-19;1-28-13-16-5-2-4-15(10-16)11-17(23)6-7-18-19(24)12-20(25)22(18)30-9-3-8-29-14-21(26)27;1-3-4-7-11-17(23)13-14-19-18(20(24)15-21(19)25)12-9-6-5-8-10-16(2)22;1-2-3-6-9-15(21)12-13-17-16(18(22)14-19(17)23)10-7-4-5-8-11-20(24)25/h7-9,11-12,14-15,18-19,24,26,30H,3-6,10,13,16-17H2,1-2H3,(H,32,33);6-8,11-12,15-16,20-21,24H,2-5,9-10,13-14,17-18H2,1H3;2,4-7,10,17-19,22-24H,3,8-9,11-14H2,1H3,(H,26,27);13-14,17-19,21,23,25H,3-12,15H2,1-2H3;4,7,12-13,15-17,19,21,23H,2-3,5-6,8-11,14H2,1H3,(H,24,25)/b15-12+;16-15+;7-6+;14-13+;7-4-,13-12+/t24-,26?;;17-,18+,19-,22-;17-,18+,19+,21+;15-,16+,17+,19+/m0.100/s1. The highest BCUT2D eigenvalue weighted by Gasteiger charge is 2.42.